The lowest BCUT2D eigenvalue weighted by Gasteiger charge is -2.20. The van der Waals surface area contributed by atoms with Crippen molar-refractivity contribution < 1.29 is 9.21 Å². The van der Waals surface area contributed by atoms with Gasteiger partial charge in [-0.25, -0.2) is 0 Å². The first-order valence-electron chi connectivity index (χ1n) is 7.75. The Labute approximate surface area is 130 Å². The molecule has 1 saturated heterocycles. The third-order valence-corrected chi connectivity index (χ3v) is 4.54. The number of carbonyl (C=O) groups excluding carboxylic acids is 1. The fourth-order valence-corrected chi connectivity index (χ4v) is 3.33. The van der Waals surface area contributed by atoms with Gasteiger partial charge in [-0.05, 0) is 43.5 Å². The molecule has 0 aliphatic carbocycles. The molecule has 2 atom stereocenters. The number of aryl methyl sites for hydroxylation is 1. The first-order chi connectivity index (χ1) is 10.6. The van der Waals surface area contributed by atoms with Crippen LogP contribution in [0, 0.1) is 6.92 Å². The van der Waals surface area contributed by atoms with E-state index in [-0.39, 0.29) is 11.9 Å². The van der Waals surface area contributed by atoms with Crippen LogP contribution in [-0.4, -0.2) is 23.4 Å². The SMILES string of the molecule is Cc1ccccc1[C@@H]1C[C@H](C)N(C(=O)c2ccc(CN)o2)C1. The number of amides is 1. The summed E-state index contributed by atoms with van der Waals surface area (Å²) in [5.74, 6) is 1.38. The number of benzene rings is 1. The van der Waals surface area contributed by atoms with Gasteiger partial charge in [-0.2, -0.15) is 0 Å². The second-order valence-electron chi connectivity index (χ2n) is 6.07. The summed E-state index contributed by atoms with van der Waals surface area (Å²) in [5.41, 5.74) is 8.17. The summed E-state index contributed by atoms with van der Waals surface area (Å²) in [4.78, 5) is 14.6. The Hall–Kier alpha value is -2.07. The minimum Gasteiger partial charge on any atom is -0.455 e. The van der Waals surface area contributed by atoms with Crippen LogP contribution in [0.5, 0.6) is 0 Å². The van der Waals surface area contributed by atoms with Crippen LogP contribution in [0.2, 0.25) is 0 Å². The van der Waals surface area contributed by atoms with Crippen molar-refractivity contribution in [3.63, 3.8) is 0 Å². The molecule has 4 nitrogen and oxygen atoms in total. The van der Waals surface area contributed by atoms with E-state index >= 15 is 0 Å². The van der Waals surface area contributed by atoms with Crippen molar-refractivity contribution in [2.45, 2.75) is 38.8 Å². The third kappa shape index (κ3) is 2.66. The molecule has 0 radical (unpaired) electrons. The van der Waals surface area contributed by atoms with Crippen LogP contribution in [0.15, 0.2) is 40.8 Å². The minimum absolute atomic E-state index is 0.0386. The van der Waals surface area contributed by atoms with Crippen molar-refractivity contribution in [2.75, 3.05) is 6.54 Å². The molecule has 116 valence electrons. The number of furan rings is 1. The molecule has 3 rings (SSSR count). The van der Waals surface area contributed by atoms with Crippen LogP contribution in [-0.2, 0) is 6.54 Å². The number of nitrogens with two attached hydrogens (primary N) is 1. The number of rotatable bonds is 3. The van der Waals surface area contributed by atoms with Crippen molar-refractivity contribution in [2.24, 2.45) is 5.73 Å². The van der Waals surface area contributed by atoms with E-state index in [1.165, 1.54) is 11.1 Å². The summed E-state index contributed by atoms with van der Waals surface area (Å²) < 4.78 is 5.50. The topological polar surface area (TPSA) is 59.5 Å². The highest BCUT2D eigenvalue weighted by molar-refractivity contribution is 5.92. The molecular formula is C18H22N2O2. The molecule has 2 heterocycles. The number of hydrogen-bond acceptors (Lipinski definition) is 3. The molecule has 2 aromatic rings. The quantitative estimate of drug-likeness (QED) is 0.947. The van der Waals surface area contributed by atoms with Crippen LogP contribution >= 0.6 is 0 Å². The van der Waals surface area contributed by atoms with E-state index in [2.05, 4.69) is 38.1 Å². The zero-order valence-electron chi connectivity index (χ0n) is 13.1. The van der Waals surface area contributed by atoms with Gasteiger partial charge in [0.25, 0.3) is 5.91 Å². The highest BCUT2D eigenvalue weighted by Gasteiger charge is 2.35. The highest BCUT2D eigenvalue weighted by atomic mass is 16.4. The molecule has 1 aromatic carbocycles. The van der Waals surface area contributed by atoms with Gasteiger partial charge in [0.05, 0.1) is 6.54 Å². The summed E-state index contributed by atoms with van der Waals surface area (Å²) in [6.07, 6.45) is 0.987. The van der Waals surface area contributed by atoms with Crippen LogP contribution < -0.4 is 5.73 Å². The smallest absolute Gasteiger partial charge is 0.289 e. The molecule has 1 aromatic heterocycles. The van der Waals surface area contributed by atoms with E-state index in [0.29, 0.717) is 24.0 Å². The molecular weight excluding hydrogens is 276 g/mol. The minimum atomic E-state index is -0.0386. The largest absolute Gasteiger partial charge is 0.455 e. The predicted octanol–water partition coefficient (Wildman–Crippen LogP) is 3.06. The molecule has 1 fully saturated rings. The van der Waals surface area contributed by atoms with Gasteiger partial charge in [0, 0.05) is 18.5 Å². The van der Waals surface area contributed by atoms with Gasteiger partial charge in [-0.1, -0.05) is 24.3 Å². The van der Waals surface area contributed by atoms with Gasteiger partial charge in [0.2, 0.25) is 0 Å². The van der Waals surface area contributed by atoms with Gasteiger partial charge in [-0.15, -0.1) is 0 Å². The molecule has 4 heteroatoms. The van der Waals surface area contributed by atoms with E-state index in [4.69, 9.17) is 10.2 Å². The maximum Gasteiger partial charge on any atom is 0.289 e. The summed E-state index contributed by atoms with van der Waals surface area (Å²) in [7, 11) is 0. The van der Waals surface area contributed by atoms with Gasteiger partial charge in [0.15, 0.2) is 5.76 Å². The number of carbonyl (C=O) groups is 1. The maximum absolute atomic E-state index is 12.6. The average Bonchev–Trinajstić information content (AvgIpc) is 3.13. The molecule has 0 spiro atoms. The first kappa shape index (κ1) is 14.9. The number of likely N-dealkylation sites (tertiary alicyclic amines) is 1. The predicted molar refractivity (Wildman–Crippen MR) is 85.6 cm³/mol. The molecule has 2 N–H and O–H groups in total. The summed E-state index contributed by atoms with van der Waals surface area (Å²) in [6.45, 7) is 5.28. The Morgan fingerprint density at radius 1 is 1.32 bits per heavy atom. The van der Waals surface area contributed by atoms with Crippen molar-refractivity contribution in [1.82, 2.24) is 4.90 Å². The molecule has 0 saturated carbocycles. The van der Waals surface area contributed by atoms with Crippen LogP contribution in [0.3, 0.4) is 0 Å². The fraction of sp³-hybridized carbons (Fsp3) is 0.389. The van der Waals surface area contributed by atoms with Crippen LogP contribution in [0.4, 0.5) is 0 Å². The highest BCUT2D eigenvalue weighted by Crippen LogP contribution is 2.34. The summed E-state index contributed by atoms with van der Waals surface area (Å²) in [6, 6.07) is 12.1. The Morgan fingerprint density at radius 3 is 2.77 bits per heavy atom. The van der Waals surface area contributed by atoms with Crippen LogP contribution in [0.1, 0.15) is 46.7 Å². The van der Waals surface area contributed by atoms with Gasteiger partial charge < -0.3 is 15.1 Å². The number of hydrogen-bond donors (Lipinski definition) is 1. The van der Waals surface area contributed by atoms with E-state index in [0.717, 1.165) is 13.0 Å². The van der Waals surface area contributed by atoms with Gasteiger partial charge >= 0.3 is 0 Å². The Bertz CT molecular complexity index is 677. The average molecular weight is 298 g/mol. The molecule has 0 unspecified atom stereocenters. The van der Waals surface area contributed by atoms with E-state index in [1.54, 1.807) is 12.1 Å². The lowest BCUT2D eigenvalue weighted by Crippen LogP contribution is -2.33. The van der Waals surface area contributed by atoms with E-state index < -0.39 is 0 Å². The summed E-state index contributed by atoms with van der Waals surface area (Å²) >= 11 is 0. The number of nitrogens with zero attached hydrogens (tertiary/aromatic N) is 1. The van der Waals surface area contributed by atoms with Crippen molar-refractivity contribution in [3.8, 4) is 0 Å². The maximum atomic E-state index is 12.6. The lowest BCUT2D eigenvalue weighted by molar-refractivity contribution is 0.0711. The lowest BCUT2D eigenvalue weighted by atomic mass is 9.93. The Morgan fingerprint density at radius 2 is 2.09 bits per heavy atom. The zero-order valence-corrected chi connectivity index (χ0v) is 13.1. The second-order valence-corrected chi connectivity index (χ2v) is 6.07. The standard InChI is InChI=1S/C18H22N2O2/c1-12-5-3-4-6-16(12)14-9-13(2)20(11-14)18(21)17-8-7-15(10-19)22-17/h3-8,13-14H,9-11,19H2,1-2H3/t13-,14+/m0/s1. The second kappa shape index (κ2) is 5.97. The van der Waals surface area contributed by atoms with Crippen molar-refractivity contribution >= 4 is 5.91 Å². The van der Waals surface area contributed by atoms with Crippen molar-refractivity contribution in [3.05, 3.63) is 59.0 Å². The molecule has 0 bridgehead atoms. The fourth-order valence-electron chi connectivity index (χ4n) is 3.33. The Kier molecular flexibility index (Phi) is 4.03. The molecule has 22 heavy (non-hydrogen) atoms. The molecule has 1 amide bonds. The Balaban J connectivity index is 1.78. The monoisotopic (exact) mass is 298 g/mol. The normalized spacial score (nSPS) is 21.3. The van der Waals surface area contributed by atoms with Gasteiger partial charge in [0.1, 0.15) is 5.76 Å². The zero-order chi connectivity index (χ0) is 15.7. The molecule has 1 aliphatic heterocycles. The first-order valence-corrected chi connectivity index (χ1v) is 7.75. The molecule has 1 aliphatic rings. The van der Waals surface area contributed by atoms with E-state index in [9.17, 15) is 4.79 Å². The van der Waals surface area contributed by atoms with Crippen LogP contribution in [0.25, 0.3) is 0 Å². The van der Waals surface area contributed by atoms with Gasteiger partial charge in [-0.3, -0.25) is 4.79 Å². The van der Waals surface area contributed by atoms with E-state index in [1.807, 2.05) is 4.90 Å². The van der Waals surface area contributed by atoms with Crippen molar-refractivity contribution in [1.29, 1.82) is 0 Å². The summed E-state index contributed by atoms with van der Waals surface area (Å²) in [5, 5.41) is 0. The third-order valence-electron chi connectivity index (χ3n) is 4.54.